The Labute approximate surface area is 108 Å². The molecule has 3 N–H and O–H groups in total. The van der Waals surface area contributed by atoms with E-state index >= 15 is 0 Å². The van der Waals surface area contributed by atoms with Gasteiger partial charge in [-0.15, -0.1) is 0 Å². The fraction of sp³-hybridized carbons (Fsp3) is 0.500. The van der Waals surface area contributed by atoms with Gasteiger partial charge in [0.15, 0.2) is 0 Å². The van der Waals surface area contributed by atoms with Crippen LogP contribution in [0, 0.1) is 5.41 Å². The third-order valence-electron chi connectivity index (χ3n) is 3.53. The molecule has 1 aliphatic rings. The lowest BCUT2D eigenvalue weighted by Crippen LogP contribution is -2.28. The number of nitrogens with one attached hydrogen (secondary N) is 1. The molecule has 1 saturated carbocycles. The molecule has 0 heterocycles. The molecule has 0 saturated heterocycles. The SMILES string of the molecule is NCC1(CCNC(=O)OCc2ccccc2)CC1. The van der Waals surface area contributed by atoms with Crippen LogP contribution in [0.1, 0.15) is 24.8 Å². The monoisotopic (exact) mass is 248 g/mol. The van der Waals surface area contributed by atoms with Gasteiger partial charge in [0.05, 0.1) is 0 Å². The van der Waals surface area contributed by atoms with E-state index in [2.05, 4.69) is 5.32 Å². The second-order valence-corrected chi connectivity index (χ2v) is 4.94. The molecule has 1 fully saturated rings. The number of benzene rings is 1. The van der Waals surface area contributed by atoms with Crippen molar-refractivity contribution in [3.8, 4) is 0 Å². The molecule has 0 atom stereocenters. The van der Waals surface area contributed by atoms with Gasteiger partial charge in [0.2, 0.25) is 0 Å². The molecular formula is C14H20N2O2. The summed E-state index contributed by atoms with van der Waals surface area (Å²) in [5, 5.41) is 2.77. The maximum Gasteiger partial charge on any atom is 0.407 e. The Morgan fingerprint density at radius 2 is 2.06 bits per heavy atom. The second kappa shape index (κ2) is 5.87. The molecule has 18 heavy (non-hydrogen) atoms. The highest BCUT2D eigenvalue weighted by Gasteiger charge is 2.40. The molecule has 98 valence electrons. The highest BCUT2D eigenvalue weighted by Crippen LogP contribution is 2.47. The van der Waals surface area contributed by atoms with Crippen molar-refractivity contribution in [3.05, 3.63) is 35.9 Å². The summed E-state index contributed by atoms with van der Waals surface area (Å²) >= 11 is 0. The Kier molecular flexibility index (Phi) is 4.20. The van der Waals surface area contributed by atoms with Crippen molar-refractivity contribution >= 4 is 6.09 Å². The van der Waals surface area contributed by atoms with Crippen LogP contribution >= 0.6 is 0 Å². The largest absolute Gasteiger partial charge is 0.445 e. The summed E-state index contributed by atoms with van der Waals surface area (Å²) in [6.45, 7) is 1.67. The van der Waals surface area contributed by atoms with Crippen LogP contribution in [0.2, 0.25) is 0 Å². The van der Waals surface area contributed by atoms with Crippen LogP contribution in [-0.2, 0) is 11.3 Å². The summed E-state index contributed by atoms with van der Waals surface area (Å²) in [6.07, 6.45) is 2.96. The highest BCUT2D eigenvalue weighted by molar-refractivity contribution is 5.67. The van der Waals surface area contributed by atoms with Gasteiger partial charge in [0.25, 0.3) is 0 Å². The lowest BCUT2D eigenvalue weighted by Gasteiger charge is -2.12. The Bertz CT molecular complexity index is 388. The average Bonchev–Trinajstić information content (AvgIpc) is 3.18. The van der Waals surface area contributed by atoms with E-state index in [-0.39, 0.29) is 6.09 Å². The molecule has 0 bridgehead atoms. The zero-order chi connectivity index (χ0) is 12.8. The van der Waals surface area contributed by atoms with E-state index in [1.165, 1.54) is 12.8 Å². The molecule has 0 aliphatic heterocycles. The number of amides is 1. The van der Waals surface area contributed by atoms with E-state index in [9.17, 15) is 4.79 Å². The third kappa shape index (κ3) is 3.74. The minimum absolute atomic E-state index is 0.298. The second-order valence-electron chi connectivity index (χ2n) is 4.94. The van der Waals surface area contributed by atoms with Gasteiger partial charge in [-0.1, -0.05) is 30.3 Å². The molecule has 0 spiro atoms. The average molecular weight is 248 g/mol. The summed E-state index contributed by atoms with van der Waals surface area (Å²) in [7, 11) is 0. The van der Waals surface area contributed by atoms with Crippen molar-refractivity contribution in [2.45, 2.75) is 25.9 Å². The van der Waals surface area contributed by atoms with Crippen LogP contribution in [0.3, 0.4) is 0 Å². The van der Waals surface area contributed by atoms with E-state index in [1.54, 1.807) is 0 Å². The Morgan fingerprint density at radius 1 is 1.33 bits per heavy atom. The lowest BCUT2D eigenvalue weighted by molar-refractivity contribution is 0.139. The van der Waals surface area contributed by atoms with E-state index in [0.29, 0.717) is 25.1 Å². The van der Waals surface area contributed by atoms with Crippen molar-refractivity contribution in [2.24, 2.45) is 11.1 Å². The zero-order valence-corrected chi connectivity index (χ0v) is 10.5. The molecule has 1 aromatic rings. The zero-order valence-electron chi connectivity index (χ0n) is 10.5. The van der Waals surface area contributed by atoms with Crippen LogP contribution in [0.25, 0.3) is 0 Å². The molecule has 2 rings (SSSR count). The van der Waals surface area contributed by atoms with Gasteiger partial charge in [0.1, 0.15) is 6.61 Å². The first-order chi connectivity index (χ1) is 8.74. The van der Waals surface area contributed by atoms with Crippen LogP contribution in [0.4, 0.5) is 4.79 Å². The maximum absolute atomic E-state index is 11.4. The Hall–Kier alpha value is -1.55. The molecule has 0 unspecified atom stereocenters. The van der Waals surface area contributed by atoms with Crippen LogP contribution in [0.5, 0.6) is 0 Å². The van der Waals surface area contributed by atoms with Crippen molar-refractivity contribution in [1.82, 2.24) is 5.32 Å². The molecule has 1 amide bonds. The number of nitrogens with two attached hydrogens (primary N) is 1. The fourth-order valence-corrected chi connectivity index (χ4v) is 1.94. The van der Waals surface area contributed by atoms with Crippen molar-refractivity contribution in [2.75, 3.05) is 13.1 Å². The van der Waals surface area contributed by atoms with Gasteiger partial charge in [-0.3, -0.25) is 0 Å². The van der Waals surface area contributed by atoms with E-state index < -0.39 is 0 Å². The molecular weight excluding hydrogens is 228 g/mol. The van der Waals surface area contributed by atoms with E-state index in [0.717, 1.165) is 12.0 Å². The van der Waals surface area contributed by atoms with Gasteiger partial charge in [0, 0.05) is 6.54 Å². The molecule has 0 aromatic heterocycles. The minimum atomic E-state index is -0.355. The van der Waals surface area contributed by atoms with Crippen LogP contribution in [-0.4, -0.2) is 19.2 Å². The molecule has 1 aromatic carbocycles. The fourth-order valence-electron chi connectivity index (χ4n) is 1.94. The van der Waals surface area contributed by atoms with Gasteiger partial charge in [-0.05, 0) is 36.8 Å². The van der Waals surface area contributed by atoms with Gasteiger partial charge < -0.3 is 15.8 Å². The molecule has 4 nitrogen and oxygen atoms in total. The molecule has 4 heteroatoms. The summed E-state index contributed by atoms with van der Waals surface area (Å²) < 4.78 is 5.12. The first-order valence-corrected chi connectivity index (χ1v) is 6.39. The predicted octanol–water partition coefficient (Wildman–Crippen LogP) is 2.04. The number of alkyl carbamates (subject to hydrolysis) is 1. The van der Waals surface area contributed by atoms with Gasteiger partial charge in [-0.2, -0.15) is 0 Å². The number of hydrogen-bond donors (Lipinski definition) is 2. The highest BCUT2D eigenvalue weighted by atomic mass is 16.5. The van der Waals surface area contributed by atoms with Gasteiger partial charge in [-0.25, -0.2) is 4.79 Å². The summed E-state index contributed by atoms with van der Waals surface area (Å²) in [5.41, 5.74) is 6.97. The minimum Gasteiger partial charge on any atom is -0.445 e. The molecule has 0 radical (unpaired) electrons. The van der Waals surface area contributed by atoms with Crippen molar-refractivity contribution in [3.63, 3.8) is 0 Å². The summed E-state index contributed by atoms with van der Waals surface area (Å²) in [6, 6.07) is 9.65. The van der Waals surface area contributed by atoms with Crippen molar-refractivity contribution in [1.29, 1.82) is 0 Å². The topological polar surface area (TPSA) is 64.3 Å². The number of hydrogen-bond acceptors (Lipinski definition) is 3. The first kappa shape index (κ1) is 12.9. The standard InChI is InChI=1S/C14H20N2O2/c15-11-14(6-7-14)8-9-16-13(17)18-10-12-4-2-1-3-5-12/h1-5H,6-11,15H2,(H,16,17). The van der Waals surface area contributed by atoms with Crippen LogP contribution in [0.15, 0.2) is 30.3 Å². The normalized spacial score (nSPS) is 16.1. The maximum atomic E-state index is 11.4. The summed E-state index contributed by atoms with van der Waals surface area (Å²) in [5.74, 6) is 0. The lowest BCUT2D eigenvalue weighted by atomic mass is 10.0. The Balaban J connectivity index is 1.61. The number of ether oxygens (including phenoxy) is 1. The smallest absolute Gasteiger partial charge is 0.407 e. The summed E-state index contributed by atoms with van der Waals surface area (Å²) in [4.78, 5) is 11.4. The van der Waals surface area contributed by atoms with E-state index in [1.807, 2.05) is 30.3 Å². The van der Waals surface area contributed by atoms with Crippen LogP contribution < -0.4 is 11.1 Å². The van der Waals surface area contributed by atoms with Gasteiger partial charge >= 0.3 is 6.09 Å². The third-order valence-corrected chi connectivity index (χ3v) is 3.53. The number of carbonyl (C=O) groups excluding carboxylic acids is 1. The first-order valence-electron chi connectivity index (χ1n) is 6.39. The van der Waals surface area contributed by atoms with Crippen molar-refractivity contribution < 1.29 is 9.53 Å². The molecule has 1 aliphatic carbocycles. The Morgan fingerprint density at radius 3 is 2.67 bits per heavy atom. The quantitative estimate of drug-likeness (QED) is 0.809. The van der Waals surface area contributed by atoms with E-state index in [4.69, 9.17) is 10.5 Å². The number of carbonyl (C=O) groups is 1. The predicted molar refractivity (Wildman–Crippen MR) is 70.0 cm³/mol. The number of rotatable bonds is 6.